The molecule has 1 atom stereocenters. The number of anilines is 2. The van der Waals surface area contributed by atoms with Gasteiger partial charge in [-0.2, -0.15) is 0 Å². The van der Waals surface area contributed by atoms with Gasteiger partial charge in [0.1, 0.15) is 11.6 Å². The number of nitrogens with one attached hydrogen (secondary N) is 2. The summed E-state index contributed by atoms with van der Waals surface area (Å²) < 4.78 is 11.0. The predicted molar refractivity (Wildman–Crippen MR) is 165 cm³/mol. The molecule has 3 aliphatic heterocycles. The lowest BCUT2D eigenvalue weighted by Crippen LogP contribution is -2.45. The maximum atomic E-state index is 13.2. The fourth-order valence-electron chi connectivity index (χ4n) is 5.37. The number of aromatic amines is 1. The van der Waals surface area contributed by atoms with Crippen molar-refractivity contribution in [3.63, 3.8) is 0 Å². The van der Waals surface area contributed by atoms with Gasteiger partial charge >= 0.3 is 6.09 Å². The number of amides is 2. The molecule has 0 radical (unpaired) electrons. The summed E-state index contributed by atoms with van der Waals surface area (Å²) in [6.45, 7) is 8.78. The number of carbonyl (C=O) groups excluding carboxylic acids is 2. The Labute approximate surface area is 253 Å². The summed E-state index contributed by atoms with van der Waals surface area (Å²) in [5.41, 5.74) is 2.59. The first-order valence-electron chi connectivity index (χ1n) is 14.2. The van der Waals surface area contributed by atoms with Gasteiger partial charge in [-0.05, 0) is 63.9 Å². The zero-order valence-corrected chi connectivity index (χ0v) is 25.5. The number of hydrogen-bond donors (Lipinski definition) is 2. The van der Waals surface area contributed by atoms with Crippen molar-refractivity contribution in [1.29, 1.82) is 0 Å². The van der Waals surface area contributed by atoms with E-state index in [1.54, 1.807) is 29.6 Å². The van der Waals surface area contributed by atoms with Gasteiger partial charge in [0, 0.05) is 62.2 Å². The van der Waals surface area contributed by atoms with E-state index in [2.05, 4.69) is 21.3 Å². The van der Waals surface area contributed by atoms with Crippen molar-refractivity contribution in [2.75, 3.05) is 43.1 Å². The minimum atomic E-state index is -0.620. The van der Waals surface area contributed by atoms with E-state index in [9.17, 15) is 14.4 Å². The van der Waals surface area contributed by atoms with E-state index in [4.69, 9.17) is 9.47 Å². The standard InChI is InChI=1S/C31H34N4O5S2/c1-31(2,3)40-30(38)35-11-5-7-23(35)29(37)32-19-9-10-24-26(16-19)41-25-8-4-6-21(28(25)42-24)22-17-20(18-27(36)33-22)34-12-14-39-15-13-34/h4,6,8-10,16-18,23H,5,7,11-15H2,1-3H3,(H,32,37)(H,33,36)/t23-/m0/s1. The number of benzene rings is 2. The molecule has 0 spiro atoms. The third-order valence-electron chi connectivity index (χ3n) is 7.30. The predicted octanol–water partition coefficient (Wildman–Crippen LogP) is 5.83. The summed E-state index contributed by atoms with van der Waals surface area (Å²) >= 11 is 3.29. The number of likely N-dealkylation sites (tertiary alicyclic amines) is 1. The van der Waals surface area contributed by atoms with Gasteiger partial charge in [0.25, 0.3) is 0 Å². The first kappa shape index (κ1) is 28.7. The molecule has 220 valence electrons. The van der Waals surface area contributed by atoms with Gasteiger partial charge in [-0.15, -0.1) is 0 Å². The number of carbonyl (C=O) groups is 2. The van der Waals surface area contributed by atoms with E-state index in [0.717, 1.165) is 56.0 Å². The van der Waals surface area contributed by atoms with E-state index in [-0.39, 0.29) is 11.5 Å². The zero-order chi connectivity index (χ0) is 29.4. The van der Waals surface area contributed by atoms with Crippen LogP contribution in [0.4, 0.5) is 16.2 Å². The van der Waals surface area contributed by atoms with Gasteiger partial charge in [-0.25, -0.2) is 4.79 Å². The first-order chi connectivity index (χ1) is 20.1. The number of rotatable bonds is 4. The lowest BCUT2D eigenvalue weighted by molar-refractivity contribution is -0.120. The molecule has 2 saturated heterocycles. The molecule has 6 rings (SSSR count). The Kier molecular flexibility index (Phi) is 7.99. The van der Waals surface area contributed by atoms with Crippen LogP contribution in [-0.4, -0.2) is 66.4 Å². The van der Waals surface area contributed by atoms with Crippen LogP contribution in [0, 0.1) is 0 Å². The lowest BCUT2D eigenvalue weighted by Gasteiger charge is -2.29. The van der Waals surface area contributed by atoms with Gasteiger partial charge in [0.05, 0.1) is 18.9 Å². The third kappa shape index (κ3) is 6.18. The highest BCUT2D eigenvalue weighted by Gasteiger charge is 2.36. The number of nitrogens with zero attached hydrogens (tertiary/aromatic N) is 2. The molecule has 2 fully saturated rings. The number of pyridine rings is 1. The van der Waals surface area contributed by atoms with E-state index in [1.807, 2.05) is 57.2 Å². The molecule has 2 amide bonds. The van der Waals surface area contributed by atoms with E-state index >= 15 is 0 Å². The number of morpholine rings is 1. The van der Waals surface area contributed by atoms with Crippen LogP contribution >= 0.6 is 23.5 Å². The Balaban J connectivity index is 1.20. The van der Waals surface area contributed by atoms with Crippen LogP contribution in [0.2, 0.25) is 0 Å². The topological polar surface area (TPSA) is 104 Å². The van der Waals surface area contributed by atoms with Crippen molar-refractivity contribution in [3.05, 3.63) is 58.9 Å². The van der Waals surface area contributed by atoms with Gasteiger partial charge in [0.2, 0.25) is 11.5 Å². The largest absolute Gasteiger partial charge is 0.444 e. The van der Waals surface area contributed by atoms with Crippen LogP contribution in [0.25, 0.3) is 11.3 Å². The summed E-state index contributed by atoms with van der Waals surface area (Å²) in [6, 6.07) is 15.1. The van der Waals surface area contributed by atoms with Crippen molar-refractivity contribution in [3.8, 4) is 11.3 Å². The van der Waals surface area contributed by atoms with Crippen molar-refractivity contribution in [2.24, 2.45) is 0 Å². The maximum absolute atomic E-state index is 13.2. The highest BCUT2D eigenvalue weighted by Crippen LogP contribution is 2.52. The average molecular weight is 607 g/mol. The Hall–Kier alpha value is -3.41. The fraction of sp³-hybridized carbons (Fsp3) is 0.387. The minimum absolute atomic E-state index is 0.131. The molecule has 11 heteroatoms. The molecule has 2 N–H and O–H groups in total. The van der Waals surface area contributed by atoms with Gasteiger partial charge in [-0.1, -0.05) is 35.7 Å². The second kappa shape index (κ2) is 11.7. The SMILES string of the molecule is CC(C)(C)OC(=O)N1CCC[C@H]1C(=O)Nc1ccc2c(c1)Sc1cccc(-c3cc(N4CCOCC4)cc(=O)[nH]3)c1S2. The molecule has 0 saturated carbocycles. The molecule has 3 aliphatic rings. The molecule has 0 unspecified atom stereocenters. The molecule has 9 nitrogen and oxygen atoms in total. The summed E-state index contributed by atoms with van der Waals surface area (Å²) in [4.78, 5) is 49.6. The molecular weight excluding hydrogens is 572 g/mol. The van der Waals surface area contributed by atoms with E-state index in [0.29, 0.717) is 31.9 Å². The zero-order valence-electron chi connectivity index (χ0n) is 23.9. The Morgan fingerprint density at radius 2 is 1.81 bits per heavy atom. The molecule has 42 heavy (non-hydrogen) atoms. The fourth-order valence-corrected chi connectivity index (χ4v) is 7.79. The molecule has 4 heterocycles. The Morgan fingerprint density at radius 1 is 1.00 bits per heavy atom. The molecule has 3 aromatic rings. The quantitative estimate of drug-likeness (QED) is 0.299. The van der Waals surface area contributed by atoms with Crippen LogP contribution in [-0.2, 0) is 14.3 Å². The van der Waals surface area contributed by atoms with Crippen molar-refractivity contribution in [1.82, 2.24) is 9.88 Å². The number of hydrogen-bond acceptors (Lipinski definition) is 8. The highest BCUT2D eigenvalue weighted by molar-refractivity contribution is 8.05. The van der Waals surface area contributed by atoms with Crippen LogP contribution in [0.5, 0.6) is 0 Å². The van der Waals surface area contributed by atoms with Crippen molar-refractivity contribution >= 4 is 46.9 Å². The monoisotopic (exact) mass is 606 g/mol. The molecule has 0 aliphatic carbocycles. The van der Waals surface area contributed by atoms with Gasteiger partial charge in [0.15, 0.2) is 0 Å². The number of ether oxygens (including phenoxy) is 2. The van der Waals surface area contributed by atoms with Crippen LogP contribution in [0.3, 0.4) is 0 Å². The second-order valence-electron chi connectivity index (χ2n) is 11.5. The van der Waals surface area contributed by atoms with Crippen LogP contribution in [0.1, 0.15) is 33.6 Å². The molecule has 2 aromatic carbocycles. The third-order valence-corrected chi connectivity index (χ3v) is 9.90. The number of fused-ring (bicyclic) bond motifs is 2. The van der Waals surface area contributed by atoms with Crippen LogP contribution < -0.4 is 15.8 Å². The lowest BCUT2D eigenvalue weighted by atomic mass is 10.1. The summed E-state index contributed by atoms with van der Waals surface area (Å²) in [7, 11) is 0. The van der Waals surface area contributed by atoms with Crippen LogP contribution in [0.15, 0.2) is 72.9 Å². The Morgan fingerprint density at radius 3 is 2.60 bits per heavy atom. The van der Waals surface area contributed by atoms with Crippen molar-refractivity contribution < 1.29 is 19.1 Å². The smallest absolute Gasteiger partial charge is 0.410 e. The summed E-state index contributed by atoms with van der Waals surface area (Å²) in [5.74, 6) is -0.210. The van der Waals surface area contributed by atoms with E-state index in [1.165, 1.54) is 4.90 Å². The first-order valence-corrected chi connectivity index (χ1v) is 15.8. The normalized spacial score (nSPS) is 18.3. The Bertz CT molecular complexity index is 1580. The molecular formula is C31H34N4O5S2. The average Bonchev–Trinajstić information content (AvgIpc) is 3.46. The maximum Gasteiger partial charge on any atom is 0.410 e. The van der Waals surface area contributed by atoms with Gasteiger partial charge in [-0.3, -0.25) is 14.5 Å². The van der Waals surface area contributed by atoms with E-state index < -0.39 is 17.7 Å². The minimum Gasteiger partial charge on any atom is -0.444 e. The second-order valence-corrected chi connectivity index (χ2v) is 13.7. The van der Waals surface area contributed by atoms with Gasteiger partial charge < -0.3 is 24.7 Å². The molecule has 0 bridgehead atoms. The number of H-pyrrole nitrogens is 1. The summed E-state index contributed by atoms with van der Waals surface area (Å²) in [6.07, 6.45) is 0.904. The molecule has 1 aromatic heterocycles. The highest BCUT2D eigenvalue weighted by atomic mass is 32.2. The summed E-state index contributed by atoms with van der Waals surface area (Å²) in [5, 5.41) is 3.02. The number of aromatic nitrogens is 1. The van der Waals surface area contributed by atoms with Crippen molar-refractivity contribution in [2.45, 2.75) is 64.8 Å².